The molecule has 158 valence electrons. The lowest BCUT2D eigenvalue weighted by molar-refractivity contribution is -0.142. The Hall–Kier alpha value is -3.66. The predicted octanol–water partition coefficient (Wildman–Crippen LogP) is 3.69. The molecule has 10 heteroatoms. The summed E-state index contributed by atoms with van der Waals surface area (Å²) in [5.41, 5.74) is 1.09. The van der Waals surface area contributed by atoms with Crippen LogP contribution in [0.15, 0.2) is 86.1 Å². The molecule has 3 aromatic rings. The average Bonchev–Trinajstić information content (AvgIpc) is 2.79. The number of aromatic nitrogens is 3. The second-order valence-electron chi connectivity index (χ2n) is 6.11. The molecule has 0 radical (unpaired) electrons. The number of aliphatic imine (C=N–C) groups is 1. The molecule has 0 aliphatic heterocycles. The lowest BCUT2D eigenvalue weighted by Gasteiger charge is -2.12. The van der Waals surface area contributed by atoms with E-state index in [2.05, 4.69) is 25.2 Å². The maximum Gasteiger partial charge on any atom is 0.343 e. The van der Waals surface area contributed by atoms with E-state index < -0.39 is 11.3 Å². The molecular formula is C21H20N6O3S. The Labute approximate surface area is 183 Å². The van der Waals surface area contributed by atoms with Crippen molar-refractivity contribution in [2.45, 2.75) is 17.5 Å². The number of hydrogen-bond acceptors (Lipinski definition) is 9. The van der Waals surface area contributed by atoms with Crippen LogP contribution in [0.25, 0.3) is 0 Å². The zero-order chi connectivity index (χ0) is 22.1. The zero-order valence-electron chi connectivity index (χ0n) is 17.0. The number of benzene rings is 1. The molecule has 2 heterocycles. The summed E-state index contributed by atoms with van der Waals surface area (Å²) < 4.78 is 6.43. The van der Waals surface area contributed by atoms with Crippen LogP contribution in [0.2, 0.25) is 0 Å². The van der Waals surface area contributed by atoms with Crippen LogP contribution in [0.1, 0.15) is 12.5 Å². The van der Waals surface area contributed by atoms with Crippen LogP contribution < -0.4 is 5.56 Å². The van der Waals surface area contributed by atoms with Crippen molar-refractivity contribution in [3.8, 4) is 0 Å². The van der Waals surface area contributed by atoms with Gasteiger partial charge in [-0.2, -0.15) is 10.2 Å². The van der Waals surface area contributed by atoms with E-state index in [-0.39, 0.29) is 23.1 Å². The summed E-state index contributed by atoms with van der Waals surface area (Å²) in [5.74, 6) is -0.364. The van der Waals surface area contributed by atoms with E-state index in [1.807, 2.05) is 18.2 Å². The molecule has 0 bridgehead atoms. The van der Waals surface area contributed by atoms with Gasteiger partial charge in [0.25, 0.3) is 5.56 Å². The van der Waals surface area contributed by atoms with E-state index in [1.165, 1.54) is 10.6 Å². The molecule has 0 spiro atoms. The molecule has 1 aromatic carbocycles. The molecule has 0 saturated heterocycles. The first-order chi connectivity index (χ1) is 15.1. The number of carbonyl (C=O) groups is 1. The van der Waals surface area contributed by atoms with Crippen LogP contribution in [0.5, 0.6) is 0 Å². The molecular weight excluding hydrogens is 416 g/mol. The van der Waals surface area contributed by atoms with Gasteiger partial charge in [0.05, 0.1) is 12.3 Å². The van der Waals surface area contributed by atoms with Crippen molar-refractivity contribution in [3.63, 3.8) is 0 Å². The quantitative estimate of drug-likeness (QED) is 0.175. The summed E-state index contributed by atoms with van der Waals surface area (Å²) in [6.07, 6.45) is 4.86. The summed E-state index contributed by atoms with van der Waals surface area (Å²) in [6.45, 7) is 1.90. The third-order valence-electron chi connectivity index (χ3n) is 3.87. The predicted molar refractivity (Wildman–Crippen MR) is 118 cm³/mol. The number of nitrogens with zero attached hydrogens (tertiary/aromatic N) is 6. The van der Waals surface area contributed by atoms with Crippen LogP contribution in [-0.4, -0.2) is 38.7 Å². The maximum absolute atomic E-state index is 12.4. The molecule has 0 aliphatic rings. The average molecular weight is 436 g/mol. The van der Waals surface area contributed by atoms with Gasteiger partial charge < -0.3 is 4.74 Å². The molecule has 0 aliphatic carbocycles. The maximum atomic E-state index is 12.4. The normalized spacial score (nSPS) is 12.3. The Morgan fingerprint density at radius 2 is 1.97 bits per heavy atom. The van der Waals surface area contributed by atoms with Crippen molar-refractivity contribution >= 4 is 35.5 Å². The highest BCUT2D eigenvalue weighted by Gasteiger charge is 2.23. The van der Waals surface area contributed by atoms with Gasteiger partial charge in [0, 0.05) is 31.7 Å². The molecule has 2 aromatic heterocycles. The largest absolute Gasteiger partial charge is 0.464 e. The van der Waals surface area contributed by atoms with E-state index in [1.54, 1.807) is 56.8 Å². The van der Waals surface area contributed by atoms with E-state index in [4.69, 9.17) is 4.74 Å². The van der Waals surface area contributed by atoms with E-state index in [0.29, 0.717) is 5.69 Å². The molecule has 0 amide bonds. The fraction of sp³-hybridized carbons (Fsp3) is 0.190. The van der Waals surface area contributed by atoms with Crippen molar-refractivity contribution in [2.75, 3.05) is 6.61 Å². The summed E-state index contributed by atoms with van der Waals surface area (Å²) in [7, 11) is 1.56. The number of thioether (sulfide) groups is 1. The summed E-state index contributed by atoms with van der Waals surface area (Å²) in [5, 5.41) is 7.46. The minimum Gasteiger partial charge on any atom is -0.464 e. The zero-order valence-corrected chi connectivity index (χ0v) is 17.8. The van der Waals surface area contributed by atoms with Crippen LogP contribution in [0.3, 0.4) is 0 Å². The Balaban J connectivity index is 1.88. The van der Waals surface area contributed by atoms with E-state index in [0.717, 1.165) is 17.3 Å². The lowest BCUT2D eigenvalue weighted by atomic mass is 10.3. The second kappa shape index (κ2) is 10.9. The minimum atomic E-state index is -1.03. The molecule has 1 atom stereocenters. The standard InChI is InChI=1S/C21H20N6O3S/c1-3-30-20(29)19(26-25-16-7-5-4-6-8-16)31-21-24-17(13-18(28)27(21)2)23-14-15-9-11-22-12-10-15/h4-14,19H,3H2,1-2H3/b23-14-,26-25?. The highest BCUT2D eigenvalue weighted by Crippen LogP contribution is 2.25. The smallest absolute Gasteiger partial charge is 0.343 e. The highest BCUT2D eigenvalue weighted by molar-refractivity contribution is 8.00. The number of carbonyl (C=O) groups excluding carboxylic acids is 1. The third kappa shape index (κ3) is 6.41. The molecule has 1 unspecified atom stereocenters. The third-order valence-corrected chi connectivity index (χ3v) is 4.96. The SMILES string of the molecule is CCOC(=O)C(N=Nc1ccccc1)Sc1nc(/N=C\c2ccncc2)cc(=O)n1C. The van der Waals surface area contributed by atoms with Crippen molar-refractivity contribution < 1.29 is 9.53 Å². The van der Waals surface area contributed by atoms with Crippen molar-refractivity contribution in [1.29, 1.82) is 0 Å². The number of esters is 1. The van der Waals surface area contributed by atoms with Gasteiger partial charge in [0.1, 0.15) is 0 Å². The van der Waals surface area contributed by atoms with Crippen LogP contribution in [0, 0.1) is 0 Å². The molecule has 9 nitrogen and oxygen atoms in total. The summed E-state index contributed by atoms with van der Waals surface area (Å²) >= 11 is 0.966. The Kier molecular flexibility index (Phi) is 7.77. The number of rotatable bonds is 8. The number of hydrogen-bond donors (Lipinski definition) is 0. The molecule has 0 N–H and O–H groups in total. The van der Waals surface area contributed by atoms with E-state index in [9.17, 15) is 9.59 Å². The van der Waals surface area contributed by atoms with Gasteiger partial charge in [0.15, 0.2) is 11.0 Å². The monoisotopic (exact) mass is 436 g/mol. The first-order valence-corrected chi connectivity index (χ1v) is 10.3. The Morgan fingerprint density at radius 1 is 1.23 bits per heavy atom. The van der Waals surface area contributed by atoms with Crippen molar-refractivity contribution in [3.05, 3.63) is 76.8 Å². The minimum absolute atomic E-state index is 0.194. The van der Waals surface area contributed by atoms with Crippen LogP contribution in [0.4, 0.5) is 11.5 Å². The van der Waals surface area contributed by atoms with Crippen molar-refractivity contribution in [1.82, 2.24) is 14.5 Å². The number of ether oxygens (including phenoxy) is 1. The molecule has 0 saturated carbocycles. The highest BCUT2D eigenvalue weighted by atomic mass is 32.2. The first-order valence-electron chi connectivity index (χ1n) is 9.38. The summed E-state index contributed by atoms with van der Waals surface area (Å²) in [4.78, 5) is 37.4. The van der Waals surface area contributed by atoms with Gasteiger partial charge in [-0.25, -0.2) is 14.8 Å². The lowest BCUT2D eigenvalue weighted by Crippen LogP contribution is -2.22. The van der Waals surface area contributed by atoms with Crippen LogP contribution in [-0.2, 0) is 16.6 Å². The van der Waals surface area contributed by atoms with Gasteiger partial charge in [-0.05, 0) is 48.5 Å². The number of azo groups is 1. The van der Waals surface area contributed by atoms with Crippen molar-refractivity contribution in [2.24, 2.45) is 22.3 Å². The van der Waals surface area contributed by atoms with Gasteiger partial charge >= 0.3 is 5.97 Å². The fourth-order valence-electron chi connectivity index (χ4n) is 2.31. The van der Waals surface area contributed by atoms with Gasteiger partial charge in [-0.3, -0.25) is 14.3 Å². The first kappa shape index (κ1) is 22.0. The fourth-order valence-corrected chi connectivity index (χ4v) is 3.17. The van der Waals surface area contributed by atoms with E-state index >= 15 is 0 Å². The second-order valence-corrected chi connectivity index (χ2v) is 7.15. The molecule has 3 rings (SSSR count). The Bertz CT molecular complexity index is 1130. The van der Waals surface area contributed by atoms with Gasteiger partial charge in [-0.15, -0.1) is 0 Å². The Morgan fingerprint density at radius 3 is 2.68 bits per heavy atom. The molecule has 31 heavy (non-hydrogen) atoms. The molecule has 0 fully saturated rings. The number of pyridine rings is 1. The topological polar surface area (TPSA) is 111 Å². The van der Waals surface area contributed by atoms with Gasteiger partial charge in [-0.1, -0.05) is 18.2 Å². The summed E-state index contributed by atoms with van der Waals surface area (Å²) in [6, 6.07) is 13.9. The van der Waals surface area contributed by atoms with Gasteiger partial charge in [0.2, 0.25) is 5.37 Å². The van der Waals surface area contributed by atoms with Crippen LogP contribution >= 0.6 is 11.8 Å².